The number of fused-ring (bicyclic) bond motifs is 1. The summed E-state index contributed by atoms with van der Waals surface area (Å²) in [5.41, 5.74) is 0. The Kier molecular flexibility index (Phi) is 2.05. The average molecular weight is 170 g/mol. The van der Waals surface area contributed by atoms with Crippen LogP contribution in [0.2, 0.25) is 0 Å². The summed E-state index contributed by atoms with van der Waals surface area (Å²) < 4.78 is 10.8. The maximum Gasteiger partial charge on any atom is 0.335 e. The lowest BCUT2D eigenvalue weighted by atomic mass is 9.93. The number of hydrogen-bond acceptors (Lipinski definition) is 3. The first-order valence-corrected chi connectivity index (χ1v) is 4.63. The van der Waals surface area contributed by atoms with Crippen molar-refractivity contribution in [3.8, 4) is 0 Å². The molecule has 3 nitrogen and oxygen atoms in total. The van der Waals surface area contributed by atoms with E-state index in [9.17, 15) is 4.79 Å². The van der Waals surface area contributed by atoms with E-state index >= 15 is 0 Å². The van der Waals surface area contributed by atoms with Crippen LogP contribution in [0.3, 0.4) is 0 Å². The molecule has 0 unspecified atom stereocenters. The molecule has 0 bridgehead atoms. The average Bonchev–Trinajstić information content (AvgIpc) is 2.07. The van der Waals surface area contributed by atoms with E-state index in [4.69, 9.17) is 9.47 Å². The van der Waals surface area contributed by atoms with E-state index < -0.39 is 0 Å². The highest BCUT2D eigenvalue weighted by molar-refractivity contribution is 5.75. The molecule has 0 aromatic heterocycles. The van der Waals surface area contributed by atoms with Crippen LogP contribution in [-0.4, -0.2) is 24.3 Å². The fourth-order valence-electron chi connectivity index (χ4n) is 1.92. The molecule has 68 valence electrons. The van der Waals surface area contributed by atoms with Crippen LogP contribution in [0.25, 0.3) is 0 Å². The second-order valence-electron chi connectivity index (χ2n) is 3.58. The van der Waals surface area contributed by atoms with E-state index in [1.807, 2.05) is 0 Å². The zero-order valence-corrected chi connectivity index (χ0v) is 7.29. The zero-order chi connectivity index (χ0) is 8.55. The Hall–Kier alpha value is -0.570. The second kappa shape index (κ2) is 3.05. The number of carbonyl (C=O) groups is 1. The highest BCUT2D eigenvalue weighted by Crippen LogP contribution is 2.28. The molecule has 12 heavy (non-hydrogen) atoms. The maximum atomic E-state index is 11.1. The van der Waals surface area contributed by atoms with Crippen molar-refractivity contribution in [1.29, 1.82) is 0 Å². The largest absolute Gasteiger partial charge is 0.458 e. The number of rotatable bonds is 0. The molecular weight excluding hydrogens is 156 g/mol. The molecule has 0 spiro atoms. The van der Waals surface area contributed by atoms with Gasteiger partial charge in [-0.1, -0.05) is 6.42 Å². The van der Waals surface area contributed by atoms with E-state index in [1.165, 1.54) is 6.42 Å². The van der Waals surface area contributed by atoms with Crippen molar-refractivity contribution < 1.29 is 14.3 Å². The lowest BCUT2D eigenvalue weighted by molar-refractivity contribution is -0.203. The number of hydrogen-bond donors (Lipinski definition) is 0. The third-order valence-corrected chi connectivity index (χ3v) is 2.62. The Bertz CT molecular complexity index is 190. The summed E-state index contributed by atoms with van der Waals surface area (Å²) in [6.07, 6.45) is 4.24. The Morgan fingerprint density at radius 2 is 1.92 bits per heavy atom. The van der Waals surface area contributed by atoms with Gasteiger partial charge in [-0.2, -0.15) is 0 Å². The van der Waals surface area contributed by atoms with Gasteiger partial charge in [0.15, 0.2) is 6.10 Å². The van der Waals surface area contributed by atoms with E-state index in [1.54, 1.807) is 6.92 Å². The van der Waals surface area contributed by atoms with Gasteiger partial charge in [0.1, 0.15) is 6.10 Å². The van der Waals surface area contributed by atoms with Gasteiger partial charge in [-0.3, -0.25) is 0 Å². The number of carbonyl (C=O) groups excluding carboxylic acids is 1. The molecule has 1 saturated heterocycles. The molecule has 3 heteroatoms. The molecule has 0 amide bonds. The van der Waals surface area contributed by atoms with E-state index in [0.29, 0.717) is 0 Å². The van der Waals surface area contributed by atoms with Crippen molar-refractivity contribution in [3.05, 3.63) is 0 Å². The summed E-state index contributed by atoms with van der Waals surface area (Å²) >= 11 is 0. The van der Waals surface area contributed by atoms with Gasteiger partial charge in [0.05, 0.1) is 6.10 Å². The van der Waals surface area contributed by atoms with E-state index in [2.05, 4.69) is 0 Å². The normalized spacial score (nSPS) is 41.8. The second-order valence-corrected chi connectivity index (χ2v) is 3.58. The standard InChI is InChI=1S/C9H14O3/c1-6-9(10)12-8-5-3-2-4-7(8)11-6/h6-8H,2-5H2,1H3/t6-,7-,8-/m0/s1. The molecule has 1 heterocycles. The quantitative estimate of drug-likeness (QED) is 0.513. The molecule has 0 aromatic rings. The smallest absolute Gasteiger partial charge is 0.335 e. The first-order chi connectivity index (χ1) is 5.77. The SMILES string of the molecule is C[C@@H]1O[C@H]2CCCC[C@@H]2OC1=O. The predicted molar refractivity (Wildman–Crippen MR) is 42.7 cm³/mol. The Balaban J connectivity index is 2.02. The van der Waals surface area contributed by atoms with Crippen LogP contribution in [0, 0.1) is 0 Å². The number of esters is 1. The molecule has 1 aliphatic heterocycles. The summed E-state index contributed by atoms with van der Waals surface area (Å²) in [4.78, 5) is 11.1. The van der Waals surface area contributed by atoms with Gasteiger partial charge in [0.25, 0.3) is 0 Å². The van der Waals surface area contributed by atoms with Crippen molar-refractivity contribution in [2.24, 2.45) is 0 Å². The molecule has 1 aliphatic carbocycles. The van der Waals surface area contributed by atoms with Crippen molar-refractivity contribution in [3.63, 3.8) is 0 Å². The summed E-state index contributed by atoms with van der Waals surface area (Å²) in [5.74, 6) is -0.196. The predicted octanol–water partition coefficient (Wildman–Crippen LogP) is 1.26. The minimum Gasteiger partial charge on any atom is -0.458 e. The van der Waals surface area contributed by atoms with Gasteiger partial charge in [0, 0.05) is 0 Å². The molecule has 0 aromatic carbocycles. The highest BCUT2D eigenvalue weighted by Gasteiger charge is 2.37. The first-order valence-electron chi connectivity index (χ1n) is 4.63. The van der Waals surface area contributed by atoms with Gasteiger partial charge in [-0.25, -0.2) is 4.79 Å². The monoisotopic (exact) mass is 170 g/mol. The lowest BCUT2D eigenvalue weighted by Crippen LogP contribution is -2.47. The van der Waals surface area contributed by atoms with Crippen LogP contribution in [0.5, 0.6) is 0 Å². The highest BCUT2D eigenvalue weighted by atomic mass is 16.6. The summed E-state index contributed by atoms with van der Waals surface area (Å²) in [6, 6.07) is 0. The lowest BCUT2D eigenvalue weighted by Gasteiger charge is -2.37. The van der Waals surface area contributed by atoms with Crippen molar-refractivity contribution in [2.75, 3.05) is 0 Å². The fraction of sp³-hybridized carbons (Fsp3) is 0.889. The molecule has 1 saturated carbocycles. The van der Waals surface area contributed by atoms with E-state index in [0.717, 1.165) is 19.3 Å². The Morgan fingerprint density at radius 1 is 1.25 bits per heavy atom. The van der Waals surface area contributed by atoms with Crippen molar-refractivity contribution in [2.45, 2.75) is 50.9 Å². The maximum absolute atomic E-state index is 11.1. The van der Waals surface area contributed by atoms with Crippen LogP contribution in [0.1, 0.15) is 32.6 Å². The van der Waals surface area contributed by atoms with Crippen molar-refractivity contribution >= 4 is 5.97 Å². The topological polar surface area (TPSA) is 35.5 Å². The van der Waals surface area contributed by atoms with Crippen molar-refractivity contribution in [1.82, 2.24) is 0 Å². The minimum absolute atomic E-state index is 0.0439. The van der Waals surface area contributed by atoms with Crippen LogP contribution >= 0.6 is 0 Å². The summed E-state index contributed by atoms with van der Waals surface area (Å²) in [5, 5.41) is 0. The molecule has 0 N–H and O–H groups in total. The summed E-state index contributed by atoms with van der Waals surface area (Å²) in [6.45, 7) is 1.76. The minimum atomic E-state index is -0.357. The molecule has 3 atom stereocenters. The third kappa shape index (κ3) is 1.33. The molecule has 2 fully saturated rings. The molecule has 2 aliphatic rings. The third-order valence-electron chi connectivity index (χ3n) is 2.62. The van der Waals surface area contributed by atoms with Crippen LogP contribution in [-0.2, 0) is 14.3 Å². The van der Waals surface area contributed by atoms with Crippen LogP contribution in [0.4, 0.5) is 0 Å². The van der Waals surface area contributed by atoms with Gasteiger partial charge in [-0.15, -0.1) is 0 Å². The van der Waals surface area contributed by atoms with Crippen LogP contribution < -0.4 is 0 Å². The van der Waals surface area contributed by atoms with Gasteiger partial charge in [-0.05, 0) is 26.2 Å². The Labute approximate surface area is 72.0 Å². The summed E-state index contributed by atoms with van der Waals surface area (Å²) in [7, 11) is 0. The van der Waals surface area contributed by atoms with Gasteiger partial charge in [0.2, 0.25) is 0 Å². The fourth-order valence-corrected chi connectivity index (χ4v) is 1.92. The zero-order valence-electron chi connectivity index (χ0n) is 7.29. The molecular formula is C9H14O3. The van der Waals surface area contributed by atoms with Gasteiger partial charge >= 0.3 is 5.97 Å². The van der Waals surface area contributed by atoms with Crippen LogP contribution in [0.15, 0.2) is 0 Å². The Morgan fingerprint density at radius 3 is 2.67 bits per heavy atom. The van der Waals surface area contributed by atoms with Gasteiger partial charge < -0.3 is 9.47 Å². The first kappa shape index (κ1) is 8.05. The van der Waals surface area contributed by atoms with E-state index in [-0.39, 0.29) is 24.3 Å². The number of ether oxygens (including phenoxy) is 2. The molecule has 2 rings (SSSR count). The molecule has 0 radical (unpaired) electrons.